The van der Waals surface area contributed by atoms with E-state index in [2.05, 4.69) is 4.98 Å². The predicted octanol–water partition coefficient (Wildman–Crippen LogP) is 5.21. The van der Waals surface area contributed by atoms with Gasteiger partial charge in [-0.2, -0.15) is 0 Å². The van der Waals surface area contributed by atoms with Gasteiger partial charge in [0.05, 0.1) is 46.8 Å². The van der Waals surface area contributed by atoms with Crippen molar-refractivity contribution in [3.8, 4) is 0 Å². The van der Waals surface area contributed by atoms with E-state index in [1.54, 1.807) is 32.9 Å². The van der Waals surface area contributed by atoms with Crippen LogP contribution >= 0.6 is 11.3 Å². The summed E-state index contributed by atoms with van der Waals surface area (Å²) in [6.45, 7) is 10.6. The van der Waals surface area contributed by atoms with Crippen molar-refractivity contribution in [2.45, 2.75) is 104 Å². The van der Waals surface area contributed by atoms with E-state index >= 15 is 0 Å². The first-order chi connectivity index (χ1) is 19.8. The van der Waals surface area contributed by atoms with Gasteiger partial charge in [0.15, 0.2) is 0 Å². The van der Waals surface area contributed by atoms with Crippen LogP contribution in [0.1, 0.15) is 87.8 Å². The maximum Gasteiger partial charge on any atom is 0.309 e. The van der Waals surface area contributed by atoms with Crippen molar-refractivity contribution in [2.24, 2.45) is 17.3 Å². The van der Waals surface area contributed by atoms with Gasteiger partial charge in [0.1, 0.15) is 11.9 Å². The Hall–Kier alpha value is -2.88. The van der Waals surface area contributed by atoms with Crippen LogP contribution in [0.2, 0.25) is 0 Å². The molecule has 2 aromatic rings. The number of rotatable bonds is 3. The first-order valence-corrected chi connectivity index (χ1v) is 15.8. The number of aliphatic hydroxyl groups excluding tert-OH is 2. The lowest BCUT2D eigenvalue weighted by molar-refractivity contribution is -0.154. The largest absolute Gasteiger partial charge is 0.458 e. The number of fused-ring (bicyclic) bond motifs is 1. The number of esters is 1. The van der Waals surface area contributed by atoms with Gasteiger partial charge in [-0.3, -0.25) is 14.4 Å². The zero-order valence-electron chi connectivity index (χ0n) is 25.4. The molecule has 2 aliphatic heterocycles. The molecule has 2 saturated heterocycles. The van der Waals surface area contributed by atoms with E-state index < -0.39 is 35.6 Å². The van der Waals surface area contributed by atoms with Crippen LogP contribution in [0.4, 0.5) is 0 Å². The van der Waals surface area contributed by atoms with Crippen LogP contribution in [-0.2, 0) is 14.3 Å². The number of cyclic esters (lactones) is 1. The molecule has 4 rings (SSSR count). The topological polar surface area (TPSA) is 117 Å². The van der Waals surface area contributed by atoms with Gasteiger partial charge in [-0.05, 0) is 56.4 Å². The van der Waals surface area contributed by atoms with Crippen molar-refractivity contribution in [1.29, 1.82) is 0 Å². The van der Waals surface area contributed by atoms with Crippen LogP contribution in [0.3, 0.4) is 0 Å². The Labute approximate surface area is 252 Å². The molecule has 0 unspecified atom stereocenters. The third-order valence-corrected chi connectivity index (χ3v) is 9.86. The molecule has 2 N–H and O–H groups in total. The lowest BCUT2D eigenvalue weighted by atomic mass is 9.73. The van der Waals surface area contributed by atoms with Gasteiger partial charge in [0, 0.05) is 23.3 Å². The van der Waals surface area contributed by atoms with E-state index in [1.165, 1.54) is 11.3 Å². The van der Waals surface area contributed by atoms with Gasteiger partial charge in [-0.15, -0.1) is 11.3 Å². The second kappa shape index (κ2) is 13.2. The number of aromatic nitrogens is 1. The summed E-state index contributed by atoms with van der Waals surface area (Å²) in [5.41, 5.74) is 0.921. The molecule has 8 nitrogen and oxygen atoms in total. The summed E-state index contributed by atoms with van der Waals surface area (Å²) in [7, 11) is 0. The highest BCUT2D eigenvalue weighted by Crippen LogP contribution is 2.40. The van der Waals surface area contributed by atoms with Crippen molar-refractivity contribution >= 4 is 35.1 Å². The Kier molecular flexibility index (Phi) is 10.1. The minimum atomic E-state index is -1.29. The predicted molar refractivity (Wildman–Crippen MR) is 163 cm³/mol. The molecule has 0 spiro atoms. The number of amides is 1. The third-order valence-electron chi connectivity index (χ3n) is 9.07. The summed E-state index contributed by atoms with van der Waals surface area (Å²) in [6, 6.07) is 9.00. The molecule has 1 aromatic heterocycles. The van der Waals surface area contributed by atoms with Crippen molar-refractivity contribution in [3.05, 3.63) is 57.6 Å². The van der Waals surface area contributed by atoms with Gasteiger partial charge in [0.25, 0.3) is 5.91 Å². The van der Waals surface area contributed by atoms with E-state index in [0.29, 0.717) is 18.4 Å². The number of benzene rings is 1. The first-order valence-electron chi connectivity index (χ1n) is 14.9. The molecule has 228 valence electrons. The molecule has 0 saturated carbocycles. The second-order valence-corrected chi connectivity index (χ2v) is 13.7. The zero-order chi connectivity index (χ0) is 30.8. The van der Waals surface area contributed by atoms with Gasteiger partial charge in [-0.1, -0.05) is 52.3 Å². The lowest BCUT2D eigenvalue weighted by Crippen LogP contribution is -2.45. The van der Waals surface area contributed by atoms with Crippen LogP contribution in [0.5, 0.6) is 0 Å². The van der Waals surface area contributed by atoms with Crippen LogP contribution < -0.4 is 0 Å². The smallest absolute Gasteiger partial charge is 0.309 e. The van der Waals surface area contributed by atoms with Crippen molar-refractivity contribution in [3.63, 3.8) is 0 Å². The SMILES string of the molecule is CC(=Cc1csc(C)n1)[C@@H]1C[C@H]2[C@@H](CCC[C@H](C)[C@H](O)[C@@H](C)C(=O)C(C)(C)[C@@H](O)CC(=O)O1)N2C(=O)c1ccccc1. The Bertz CT molecular complexity index is 1300. The van der Waals surface area contributed by atoms with Gasteiger partial charge >= 0.3 is 5.97 Å². The number of ether oxygens (including phenoxy) is 1. The van der Waals surface area contributed by atoms with Gasteiger partial charge in [-0.25, -0.2) is 4.98 Å². The molecule has 0 radical (unpaired) electrons. The molecule has 2 fully saturated rings. The second-order valence-electron chi connectivity index (χ2n) is 12.6. The third kappa shape index (κ3) is 7.18. The highest BCUT2D eigenvalue weighted by Gasteiger charge is 2.52. The number of carbonyl (C=O) groups is 3. The highest BCUT2D eigenvalue weighted by atomic mass is 32.1. The number of hydrogen-bond donors (Lipinski definition) is 2. The minimum Gasteiger partial charge on any atom is -0.458 e. The molecule has 0 aliphatic carbocycles. The number of aryl methyl sites for hydroxylation is 1. The maximum atomic E-state index is 13.5. The van der Waals surface area contributed by atoms with E-state index in [9.17, 15) is 24.6 Å². The molecular weight excluding hydrogens is 552 g/mol. The van der Waals surface area contributed by atoms with Crippen LogP contribution in [-0.4, -0.2) is 68.2 Å². The molecule has 2 aliphatic rings. The van der Waals surface area contributed by atoms with E-state index in [4.69, 9.17) is 4.74 Å². The fourth-order valence-electron chi connectivity index (χ4n) is 6.13. The lowest BCUT2D eigenvalue weighted by Gasteiger charge is -2.34. The molecule has 3 heterocycles. The molecule has 1 amide bonds. The van der Waals surface area contributed by atoms with E-state index in [0.717, 1.165) is 29.1 Å². The average Bonchev–Trinajstić information content (AvgIpc) is 3.47. The molecule has 9 heteroatoms. The Morgan fingerprint density at radius 3 is 2.45 bits per heavy atom. The van der Waals surface area contributed by atoms with Crippen LogP contribution in [0.25, 0.3) is 6.08 Å². The number of ketones is 1. The van der Waals surface area contributed by atoms with E-state index in [1.807, 2.05) is 55.3 Å². The highest BCUT2D eigenvalue weighted by molar-refractivity contribution is 7.09. The van der Waals surface area contributed by atoms with Crippen molar-refractivity contribution in [1.82, 2.24) is 9.88 Å². The Balaban J connectivity index is 1.65. The average molecular weight is 597 g/mol. The Morgan fingerprint density at radius 2 is 1.81 bits per heavy atom. The summed E-state index contributed by atoms with van der Waals surface area (Å²) >= 11 is 1.53. The number of nitrogens with zero attached hydrogens (tertiary/aromatic N) is 2. The molecular formula is C33H44N2O6S. The molecule has 1 aromatic carbocycles. The fraction of sp³-hybridized carbons (Fsp3) is 0.576. The standard InChI is InChI=1S/C33H44N2O6S/c1-19-11-10-14-25-26(35(25)32(40)23-12-8-7-9-13-23)16-27(20(2)15-24-18-42-22(4)34-24)41-29(37)17-28(36)33(5,6)31(39)21(3)30(19)38/h7-9,12-13,15,18-19,21,25-28,30,36,38H,10-11,14,16-17H2,1-6H3/t19-,21+,25+,26-,27-,28-,30-,35?/m0/s1. The first kappa shape index (κ1) is 32.0. The number of aliphatic hydroxyl groups is 2. The van der Waals surface area contributed by atoms with E-state index in [-0.39, 0.29) is 36.1 Å². The number of hydrogen-bond acceptors (Lipinski definition) is 8. The molecule has 0 bridgehead atoms. The van der Waals surface area contributed by atoms with Crippen LogP contribution in [0.15, 0.2) is 41.3 Å². The summed E-state index contributed by atoms with van der Waals surface area (Å²) < 4.78 is 6.00. The quantitative estimate of drug-likeness (QED) is 0.369. The Morgan fingerprint density at radius 1 is 1.12 bits per heavy atom. The van der Waals surface area contributed by atoms with Gasteiger partial charge < -0.3 is 19.8 Å². The number of carbonyl (C=O) groups excluding carboxylic acids is 3. The summed E-state index contributed by atoms with van der Waals surface area (Å²) in [6.07, 6.45) is 1.33. The fourth-order valence-corrected chi connectivity index (χ4v) is 6.70. The van der Waals surface area contributed by atoms with Crippen LogP contribution in [0, 0.1) is 24.2 Å². The molecule has 7 atom stereocenters. The number of Topliss-reactive ketones (excluding diaryl/α,β-unsaturated/α-hetero) is 1. The number of thiazole rings is 1. The monoisotopic (exact) mass is 596 g/mol. The summed E-state index contributed by atoms with van der Waals surface area (Å²) in [4.78, 5) is 46.6. The van der Waals surface area contributed by atoms with Crippen molar-refractivity contribution in [2.75, 3.05) is 0 Å². The summed E-state index contributed by atoms with van der Waals surface area (Å²) in [5.74, 6) is -1.83. The molecule has 42 heavy (non-hydrogen) atoms. The minimum absolute atomic E-state index is 0.0333. The maximum absolute atomic E-state index is 13.5. The normalized spacial score (nSPS) is 31.3. The summed E-state index contributed by atoms with van der Waals surface area (Å²) in [5, 5.41) is 24.9. The van der Waals surface area contributed by atoms with Crippen molar-refractivity contribution < 1.29 is 29.3 Å². The zero-order valence-corrected chi connectivity index (χ0v) is 26.3. The van der Waals surface area contributed by atoms with Gasteiger partial charge in [0.2, 0.25) is 0 Å².